The quantitative estimate of drug-likeness (QED) is 0.671. The number of nitrogens with zero attached hydrogens (tertiary/aromatic N) is 1. The monoisotopic (exact) mass is 434 g/mol. The molecule has 30 heavy (non-hydrogen) atoms. The van der Waals surface area contributed by atoms with Gasteiger partial charge in [0.1, 0.15) is 18.0 Å². The number of carbonyl (C=O) groups excluding carboxylic acids is 1. The first-order valence-electron chi connectivity index (χ1n) is 9.75. The van der Waals surface area contributed by atoms with Gasteiger partial charge < -0.3 is 19.7 Å². The normalized spacial score (nSPS) is 15.6. The highest BCUT2D eigenvalue weighted by Crippen LogP contribution is 2.23. The fourth-order valence-electron chi connectivity index (χ4n) is 3.57. The molecule has 1 saturated heterocycles. The molecular formula is C21H28N3O5S+. The zero-order valence-corrected chi connectivity index (χ0v) is 18.3. The molecule has 8 nitrogen and oxygen atoms in total. The van der Waals surface area contributed by atoms with Crippen molar-refractivity contribution < 1.29 is 27.6 Å². The number of rotatable bonds is 7. The molecule has 2 aromatic rings. The van der Waals surface area contributed by atoms with E-state index in [1.165, 1.54) is 28.3 Å². The van der Waals surface area contributed by atoms with Crippen molar-refractivity contribution in [1.82, 2.24) is 4.31 Å². The van der Waals surface area contributed by atoms with Crippen LogP contribution in [-0.4, -0.2) is 59.0 Å². The van der Waals surface area contributed by atoms with Gasteiger partial charge in [-0.05, 0) is 42.5 Å². The summed E-state index contributed by atoms with van der Waals surface area (Å²) < 4.78 is 38.2. The van der Waals surface area contributed by atoms with E-state index in [0.29, 0.717) is 31.9 Å². The van der Waals surface area contributed by atoms with Crippen molar-refractivity contribution in [3.63, 3.8) is 0 Å². The molecule has 1 amide bonds. The van der Waals surface area contributed by atoms with Crippen LogP contribution in [0.15, 0.2) is 47.4 Å². The van der Waals surface area contributed by atoms with Crippen LogP contribution in [0.3, 0.4) is 0 Å². The highest BCUT2D eigenvalue weighted by atomic mass is 32.2. The van der Waals surface area contributed by atoms with E-state index in [0.717, 1.165) is 23.6 Å². The maximum Gasteiger partial charge on any atom is 0.243 e. The molecule has 1 aliphatic rings. The van der Waals surface area contributed by atoms with E-state index in [2.05, 4.69) is 5.32 Å². The number of nitrogens with one attached hydrogen (secondary N) is 2. The van der Waals surface area contributed by atoms with E-state index in [1.807, 2.05) is 18.2 Å². The van der Waals surface area contributed by atoms with Crippen molar-refractivity contribution in [2.75, 3.05) is 45.7 Å². The van der Waals surface area contributed by atoms with Gasteiger partial charge >= 0.3 is 0 Å². The summed E-state index contributed by atoms with van der Waals surface area (Å²) in [4.78, 5) is 12.6. The lowest BCUT2D eigenvalue weighted by Crippen LogP contribution is -3.13. The average Bonchev–Trinajstić information content (AvgIpc) is 2.74. The molecular weight excluding hydrogens is 406 g/mol. The van der Waals surface area contributed by atoms with Gasteiger partial charge in [-0.2, -0.15) is 4.31 Å². The maximum atomic E-state index is 13.0. The fraction of sp³-hybridized carbons (Fsp3) is 0.381. The lowest BCUT2D eigenvalue weighted by atomic mass is 10.1. The van der Waals surface area contributed by atoms with Crippen LogP contribution in [0.25, 0.3) is 0 Å². The van der Waals surface area contributed by atoms with Gasteiger partial charge in [0.25, 0.3) is 0 Å². The molecule has 0 aliphatic carbocycles. The van der Waals surface area contributed by atoms with Crippen LogP contribution in [0.2, 0.25) is 0 Å². The Morgan fingerprint density at radius 2 is 1.73 bits per heavy atom. The molecule has 2 aromatic carbocycles. The van der Waals surface area contributed by atoms with Gasteiger partial charge in [-0.3, -0.25) is 4.79 Å². The Balaban J connectivity index is 1.64. The predicted molar refractivity (Wildman–Crippen MR) is 113 cm³/mol. The molecule has 3 rings (SSSR count). The summed E-state index contributed by atoms with van der Waals surface area (Å²) in [6.07, 6.45) is 0. The zero-order valence-electron chi connectivity index (χ0n) is 17.5. The first-order valence-corrected chi connectivity index (χ1v) is 11.2. The molecule has 0 atom stereocenters. The Morgan fingerprint density at radius 3 is 2.30 bits per heavy atom. The van der Waals surface area contributed by atoms with Crippen LogP contribution in [0, 0.1) is 0 Å². The second-order valence-electron chi connectivity index (χ2n) is 7.21. The van der Waals surface area contributed by atoms with E-state index in [-0.39, 0.29) is 10.8 Å². The molecule has 0 radical (unpaired) electrons. The number of hydrogen-bond acceptors (Lipinski definition) is 5. The number of amides is 1. The molecule has 0 unspecified atom stereocenters. The molecule has 0 bridgehead atoms. The number of ether oxygens (including phenoxy) is 2. The number of hydrogen-bond donors (Lipinski definition) is 2. The summed E-state index contributed by atoms with van der Waals surface area (Å²) in [6, 6.07) is 12.0. The van der Waals surface area contributed by atoms with Gasteiger partial charge in [-0.25, -0.2) is 8.42 Å². The number of carbonyl (C=O) groups is 1. The van der Waals surface area contributed by atoms with E-state index < -0.39 is 10.0 Å². The number of piperazine rings is 1. The summed E-state index contributed by atoms with van der Waals surface area (Å²) in [5.41, 5.74) is 1.61. The average molecular weight is 435 g/mol. The third-order valence-electron chi connectivity index (χ3n) is 5.17. The van der Waals surface area contributed by atoms with Crippen LogP contribution in [0.5, 0.6) is 11.5 Å². The van der Waals surface area contributed by atoms with Gasteiger partial charge in [0.05, 0.1) is 50.9 Å². The van der Waals surface area contributed by atoms with Crippen LogP contribution >= 0.6 is 0 Å². The molecule has 1 heterocycles. The number of benzene rings is 2. The van der Waals surface area contributed by atoms with Crippen molar-refractivity contribution in [3.8, 4) is 11.5 Å². The fourth-order valence-corrected chi connectivity index (χ4v) is 5.01. The summed E-state index contributed by atoms with van der Waals surface area (Å²) in [5, 5.41) is 2.64. The van der Waals surface area contributed by atoms with Crippen LogP contribution in [0.1, 0.15) is 12.5 Å². The first kappa shape index (κ1) is 22.1. The Hall–Kier alpha value is -2.62. The Labute approximate surface area is 177 Å². The number of quaternary nitrogens is 1. The third kappa shape index (κ3) is 5.10. The summed E-state index contributed by atoms with van der Waals surface area (Å²) >= 11 is 0. The smallest absolute Gasteiger partial charge is 0.243 e. The standard InChI is InChI=1S/C21H27N3O5S/c1-16(25)22-18-4-7-20(8-5-18)30(26,27)24-12-10-23(11-13-24)15-17-14-19(28-2)6-9-21(17)29-3/h4-9,14H,10-13,15H2,1-3H3,(H,22,25)/p+1. The molecule has 162 valence electrons. The van der Waals surface area contributed by atoms with E-state index in [4.69, 9.17) is 9.47 Å². The van der Waals surface area contributed by atoms with Crippen LogP contribution < -0.4 is 19.7 Å². The Bertz CT molecular complexity index is 984. The van der Waals surface area contributed by atoms with Gasteiger partial charge in [0.2, 0.25) is 15.9 Å². The molecule has 2 N–H and O–H groups in total. The lowest BCUT2D eigenvalue weighted by molar-refractivity contribution is -0.917. The van der Waals surface area contributed by atoms with Crippen molar-refractivity contribution in [2.45, 2.75) is 18.4 Å². The van der Waals surface area contributed by atoms with Crippen LogP contribution in [-0.2, 0) is 21.4 Å². The van der Waals surface area contributed by atoms with E-state index >= 15 is 0 Å². The Morgan fingerprint density at radius 1 is 1.07 bits per heavy atom. The highest BCUT2D eigenvalue weighted by molar-refractivity contribution is 7.89. The predicted octanol–water partition coefficient (Wildman–Crippen LogP) is 0.752. The second-order valence-corrected chi connectivity index (χ2v) is 9.15. The molecule has 0 aromatic heterocycles. The van der Waals surface area contributed by atoms with Gasteiger partial charge in [0, 0.05) is 12.6 Å². The minimum absolute atomic E-state index is 0.197. The summed E-state index contributed by atoms with van der Waals surface area (Å²) in [7, 11) is -0.293. The van der Waals surface area contributed by atoms with Gasteiger partial charge in [-0.1, -0.05) is 0 Å². The van der Waals surface area contributed by atoms with Gasteiger partial charge in [-0.15, -0.1) is 0 Å². The summed E-state index contributed by atoms with van der Waals surface area (Å²) in [5.74, 6) is 1.38. The van der Waals surface area contributed by atoms with E-state index in [9.17, 15) is 13.2 Å². The highest BCUT2D eigenvalue weighted by Gasteiger charge is 2.30. The molecule has 9 heteroatoms. The van der Waals surface area contributed by atoms with Crippen molar-refractivity contribution in [3.05, 3.63) is 48.0 Å². The van der Waals surface area contributed by atoms with Crippen LogP contribution in [0.4, 0.5) is 5.69 Å². The SMILES string of the molecule is COc1ccc(OC)c(C[NH+]2CCN(S(=O)(=O)c3ccc(NC(C)=O)cc3)CC2)c1. The molecule has 1 fully saturated rings. The van der Waals surface area contributed by atoms with E-state index in [1.54, 1.807) is 26.4 Å². The topological polar surface area (TPSA) is 89.4 Å². The third-order valence-corrected chi connectivity index (χ3v) is 7.08. The Kier molecular flexibility index (Phi) is 6.96. The summed E-state index contributed by atoms with van der Waals surface area (Å²) in [6.45, 7) is 4.43. The maximum absolute atomic E-state index is 13.0. The first-order chi connectivity index (χ1) is 14.3. The largest absolute Gasteiger partial charge is 0.497 e. The number of sulfonamides is 1. The number of anilines is 1. The molecule has 1 aliphatic heterocycles. The minimum atomic E-state index is -3.56. The second kappa shape index (κ2) is 9.46. The van der Waals surface area contributed by atoms with Crippen molar-refractivity contribution in [1.29, 1.82) is 0 Å². The van der Waals surface area contributed by atoms with Crippen molar-refractivity contribution in [2.24, 2.45) is 0 Å². The van der Waals surface area contributed by atoms with Crippen molar-refractivity contribution >= 4 is 21.6 Å². The molecule has 0 saturated carbocycles. The lowest BCUT2D eigenvalue weighted by Gasteiger charge is -2.31. The number of methoxy groups -OCH3 is 2. The minimum Gasteiger partial charge on any atom is -0.497 e. The molecule has 0 spiro atoms. The van der Waals surface area contributed by atoms with Gasteiger partial charge in [0.15, 0.2) is 0 Å². The zero-order chi connectivity index (χ0) is 21.7.